The summed E-state index contributed by atoms with van der Waals surface area (Å²) in [6, 6.07) is 11.4. The minimum absolute atomic E-state index is 0.00865. The molecule has 1 aromatic heterocycles. The first-order valence-electron chi connectivity index (χ1n) is 5.75. The third-order valence-electron chi connectivity index (χ3n) is 2.61. The van der Waals surface area contributed by atoms with Crippen LogP contribution >= 0.6 is 0 Å². The Morgan fingerprint density at radius 2 is 2.06 bits per heavy atom. The van der Waals surface area contributed by atoms with Gasteiger partial charge in [0.1, 0.15) is 6.54 Å². The van der Waals surface area contributed by atoms with E-state index in [9.17, 15) is 4.79 Å². The molecule has 0 saturated carbocycles. The molecule has 0 radical (unpaired) electrons. The number of para-hydroxylation sites is 1. The maximum absolute atomic E-state index is 10.9. The highest BCUT2D eigenvalue weighted by Gasteiger charge is 2.10. The number of carboxylic acids is 1. The maximum atomic E-state index is 10.9. The summed E-state index contributed by atoms with van der Waals surface area (Å²) in [7, 11) is 0. The molecule has 5 heteroatoms. The summed E-state index contributed by atoms with van der Waals surface area (Å²) in [5, 5.41) is 13.0. The molecule has 0 atom stereocenters. The number of nitrogens with zero attached hydrogens (tertiary/aromatic N) is 3. The van der Waals surface area contributed by atoms with Crippen molar-refractivity contribution in [1.82, 2.24) is 9.78 Å². The minimum atomic E-state index is -0.834. The number of carbonyl (C=O) groups is 1. The van der Waals surface area contributed by atoms with Crippen molar-refractivity contribution in [3.8, 4) is 0 Å². The molecule has 1 aromatic carbocycles. The number of aromatic nitrogens is 2. The topological polar surface area (TPSA) is 58.4 Å². The molecular formula is C13H15N3O2. The van der Waals surface area contributed by atoms with Crippen LogP contribution in [0.2, 0.25) is 0 Å². The Hall–Kier alpha value is -2.30. The predicted molar refractivity (Wildman–Crippen MR) is 68.5 cm³/mol. The van der Waals surface area contributed by atoms with Crippen molar-refractivity contribution in [3.05, 3.63) is 48.8 Å². The summed E-state index contributed by atoms with van der Waals surface area (Å²) in [4.78, 5) is 12.7. The van der Waals surface area contributed by atoms with Crippen LogP contribution in [-0.4, -0.2) is 33.9 Å². The van der Waals surface area contributed by atoms with Gasteiger partial charge in [-0.25, -0.2) is 0 Å². The highest BCUT2D eigenvalue weighted by molar-refractivity contribution is 5.73. The fraction of sp³-hybridized carbons (Fsp3) is 0.231. The predicted octanol–water partition coefficient (Wildman–Crippen LogP) is 1.47. The van der Waals surface area contributed by atoms with Crippen LogP contribution in [0, 0.1) is 0 Å². The molecule has 2 rings (SSSR count). The van der Waals surface area contributed by atoms with E-state index in [1.165, 1.54) is 0 Å². The van der Waals surface area contributed by atoms with Gasteiger partial charge >= 0.3 is 5.97 Å². The summed E-state index contributed by atoms with van der Waals surface area (Å²) in [6.07, 6.45) is 3.58. The van der Waals surface area contributed by atoms with Crippen molar-refractivity contribution in [2.24, 2.45) is 0 Å². The number of carboxylic acid groups (broad SMARTS) is 1. The van der Waals surface area contributed by atoms with Crippen LogP contribution in [0.3, 0.4) is 0 Å². The van der Waals surface area contributed by atoms with Crippen molar-refractivity contribution in [2.45, 2.75) is 6.54 Å². The van der Waals surface area contributed by atoms with E-state index in [0.717, 1.165) is 5.69 Å². The first-order chi connectivity index (χ1) is 8.75. The van der Waals surface area contributed by atoms with E-state index in [0.29, 0.717) is 13.1 Å². The molecule has 0 fully saturated rings. The zero-order valence-corrected chi connectivity index (χ0v) is 9.94. The van der Waals surface area contributed by atoms with Gasteiger partial charge in [-0.3, -0.25) is 9.48 Å². The normalized spacial score (nSPS) is 10.2. The van der Waals surface area contributed by atoms with Crippen LogP contribution in [0.1, 0.15) is 0 Å². The molecule has 0 amide bonds. The highest BCUT2D eigenvalue weighted by atomic mass is 16.4. The van der Waals surface area contributed by atoms with Crippen molar-refractivity contribution < 1.29 is 9.90 Å². The lowest BCUT2D eigenvalue weighted by atomic mass is 10.3. The van der Waals surface area contributed by atoms with Gasteiger partial charge in [-0.1, -0.05) is 18.2 Å². The molecule has 0 saturated heterocycles. The van der Waals surface area contributed by atoms with Crippen LogP contribution in [0.15, 0.2) is 48.8 Å². The second-order valence-electron chi connectivity index (χ2n) is 3.92. The molecule has 2 aromatic rings. The van der Waals surface area contributed by atoms with Crippen molar-refractivity contribution in [1.29, 1.82) is 0 Å². The molecule has 0 spiro atoms. The number of benzene rings is 1. The molecule has 94 valence electrons. The van der Waals surface area contributed by atoms with Gasteiger partial charge in [0.25, 0.3) is 0 Å². The Balaban J connectivity index is 2.03. The smallest absolute Gasteiger partial charge is 0.323 e. The van der Waals surface area contributed by atoms with E-state index in [1.807, 2.05) is 47.5 Å². The summed E-state index contributed by atoms with van der Waals surface area (Å²) < 4.78 is 1.79. The zero-order valence-electron chi connectivity index (χ0n) is 9.94. The van der Waals surface area contributed by atoms with Gasteiger partial charge in [0, 0.05) is 24.6 Å². The Morgan fingerprint density at radius 3 is 2.67 bits per heavy atom. The second kappa shape index (κ2) is 5.86. The first-order valence-corrected chi connectivity index (χ1v) is 5.75. The van der Waals surface area contributed by atoms with Crippen LogP contribution < -0.4 is 4.90 Å². The van der Waals surface area contributed by atoms with Crippen LogP contribution in [0.4, 0.5) is 5.69 Å². The summed E-state index contributed by atoms with van der Waals surface area (Å²) in [5.74, 6) is -0.834. The van der Waals surface area contributed by atoms with Crippen LogP contribution in [0.25, 0.3) is 0 Å². The quantitative estimate of drug-likeness (QED) is 0.837. The molecule has 1 N–H and O–H groups in total. The lowest BCUT2D eigenvalue weighted by Gasteiger charge is -2.22. The number of rotatable bonds is 6. The molecule has 1 heterocycles. The SMILES string of the molecule is O=C(O)CN(CCn1cccn1)c1ccccc1. The zero-order chi connectivity index (χ0) is 12.8. The second-order valence-corrected chi connectivity index (χ2v) is 3.92. The highest BCUT2D eigenvalue weighted by Crippen LogP contribution is 2.12. The third-order valence-corrected chi connectivity index (χ3v) is 2.61. The fourth-order valence-corrected chi connectivity index (χ4v) is 1.76. The molecule has 0 aliphatic carbocycles. The van der Waals surface area contributed by atoms with Crippen molar-refractivity contribution in [2.75, 3.05) is 18.0 Å². The van der Waals surface area contributed by atoms with Gasteiger partial charge in [0.15, 0.2) is 0 Å². The average Bonchev–Trinajstić information content (AvgIpc) is 2.88. The van der Waals surface area contributed by atoms with E-state index < -0.39 is 5.97 Å². The van der Waals surface area contributed by atoms with E-state index in [1.54, 1.807) is 10.9 Å². The number of anilines is 1. The van der Waals surface area contributed by atoms with E-state index in [2.05, 4.69) is 5.10 Å². The Bertz CT molecular complexity index is 482. The number of hydrogen-bond donors (Lipinski definition) is 1. The molecule has 0 aliphatic rings. The minimum Gasteiger partial charge on any atom is -0.480 e. The van der Waals surface area contributed by atoms with Gasteiger partial charge in [-0.05, 0) is 18.2 Å². The lowest BCUT2D eigenvalue weighted by Crippen LogP contribution is -2.32. The Morgan fingerprint density at radius 1 is 1.28 bits per heavy atom. The summed E-state index contributed by atoms with van der Waals surface area (Å²) in [6.45, 7) is 1.26. The van der Waals surface area contributed by atoms with Crippen LogP contribution in [0.5, 0.6) is 0 Å². The monoisotopic (exact) mass is 245 g/mol. The molecule has 0 unspecified atom stereocenters. The molecule has 5 nitrogen and oxygen atoms in total. The fourth-order valence-electron chi connectivity index (χ4n) is 1.76. The number of hydrogen-bond acceptors (Lipinski definition) is 3. The maximum Gasteiger partial charge on any atom is 0.323 e. The van der Waals surface area contributed by atoms with E-state index in [4.69, 9.17) is 5.11 Å². The largest absolute Gasteiger partial charge is 0.480 e. The average molecular weight is 245 g/mol. The first kappa shape index (κ1) is 12.2. The van der Waals surface area contributed by atoms with Gasteiger partial charge in [-0.15, -0.1) is 0 Å². The lowest BCUT2D eigenvalue weighted by molar-refractivity contribution is -0.135. The van der Waals surface area contributed by atoms with Gasteiger partial charge in [0.05, 0.1) is 6.54 Å². The molecule has 0 bridgehead atoms. The number of aliphatic carboxylic acids is 1. The van der Waals surface area contributed by atoms with Gasteiger partial charge < -0.3 is 10.0 Å². The van der Waals surface area contributed by atoms with Crippen LogP contribution in [-0.2, 0) is 11.3 Å². The van der Waals surface area contributed by atoms with Crippen molar-refractivity contribution >= 4 is 11.7 Å². The molecular weight excluding hydrogens is 230 g/mol. The van der Waals surface area contributed by atoms with Gasteiger partial charge in [0.2, 0.25) is 0 Å². The Kier molecular flexibility index (Phi) is 3.96. The van der Waals surface area contributed by atoms with E-state index >= 15 is 0 Å². The molecule has 18 heavy (non-hydrogen) atoms. The molecule has 0 aliphatic heterocycles. The summed E-state index contributed by atoms with van der Waals surface area (Å²) >= 11 is 0. The summed E-state index contributed by atoms with van der Waals surface area (Å²) in [5.41, 5.74) is 0.909. The van der Waals surface area contributed by atoms with Gasteiger partial charge in [-0.2, -0.15) is 5.10 Å². The Labute approximate surface area is 105 Å². The standard InChI is InChI=1S/C13H15N3O2/c17-13(18)11-15(12-5-2-1-3-6-12)9-10-16-8-4-7-14-16/h1-8H,9-11H2,(H,17,18). The van der Waals surface area contributed by atoms with E-state index in [-0.39, 0.29) is 6.54 Å². The van der Waals surface area contributed by atoms with Crippen molar-refractivity contribution in [3.63, 3.8) is 0 Å². The third kappa shape index (κ3) is 3.35.